The maximum Gasteiger partial charge on any atom is 0.0280 e. The van der Waals surface area contributed by atoms with Crippen LogP contribution < -0.4 is 0 Å². The first-order valence-corrected chi connectivity index (χ1v) is 7.10. The van der Waals surface area contributed by atoms with Gasteiger partial charge in [-0.2, -0.15) is 0 Å². The minimum atomic E-state index is 0.927. The Morgan fingerprint density at radius 1 is 1.07 bits per heavy atom. The van der Waals surface area contributed by atoms with Crippen molar-refractivity contribution in [2.75, 3.05) is 6.54 Å². The van der Waals surface area contributed by atoms with E-state index < -0.39 is 0 Å². The minimum Gasteiger partial charge on any atom is -0.294 e. The molecule has 0 spiro atoms. The average molecular weight is 209 g/mol. The van der Waals surface area contributed by atoms with E-state index in [1.807, 2.05) is 0 Å². The third kappa shape index (κ3) is 2.75. The number of hydrogen-bond acceptors (Lipinski definition) is 1. The minimum absolute atomic E-state index is 0.927. The van der Waals surface area contributed by atoms with Gasteiger partial charge in [0.15, 0.2) is 0 Å². The van der Waals surface area contributed by atoms with Crippen LogP contribution in [-0.2, 0) is 0 Å². The van der Waals surface area contributed by atoms with Gasteiger partial charge in [-0.05, 0) is 25.3 Å². The number of fused-ring (bicyclic) bond motifs is 1. The zero-order valence-corrected chi connectivity index (χ0v) is 10.5. The molecular weight excluding hydrogens is 182 g/mol. The van der Waals surface area contributed by atoms with E-state index in [0.29, 0.717) is 0 Å². The lowest BCUT2D eigenvalue weighted by Crippen LogP contribution is -2.10. The van der Waals surface area contributed by atoms with Crippen LogP contribution in [0, 0.1) is 5.92 Å². The van der Waals surface area contributed by atoms with E-state index in [9.17, 15) is 0 Å². The second-order valence-electron chi connectivity index (χ2n) is 5.59. The summed E-state index contributed by atoms with van der Waals surface area (Å²) in [7, 11) is 0. The second kappa shape index (κ2) is 5.34. The summed E-state index contributed by atoms with van der Waals surface area (Å²) in [5.41, 5.74) is 0. The van der Waals surface area contributed by atoms with E-state index in [1.165, 1.54) is 57.9 Å². The highest BCUT2D eigenvalue weighted by Gasteiger charge is 2.48. The molecule has 0 amide bonds. The molecule has 0 bridgehead atoms. The highest BCUT2D eigenvalue weighted by Crippen LogP contribution is 2.39. The maximum absolute atomic E-state index is 2.79. The predicted octanol–water partition coefficient (Wildman–Crippen LogP) is 3.83. The van der Waals surface area contributed by atoms with Crippen molar-refractivity contribution in [2.24, 2.45) is 5.92 Å². The highest BCUT2D eigenvalue weighted by atomic mass is 15.3. The van der Waals surface area contributed by atoms with Crippen molar-refractivity contribution < 1.29 is 0 Å². The van der Waals surface area contributed by atoms with Crippen LogP contribution in [0.5, 0.6) is 0 Å². The molecule has 2 heterocycles. The van der Waals surface area contributed by atoms with Gasteiger partial charge in [0.1, 0.15) is 0 Å². The van der Waals surface area contributed by atoms with Crippen molar-refractivity contribution >= 4 is 0 Å². The van der Waals surface area contributed by atoms with E-state index >= 15 is 0 Å². The molecule has 0 radical (unpaired) electrons. The van der Waals surface area contributed by atoms with Crippen molar-refractivity contribution in [2.45, 2.75) is 77.3 Å². The fraction of sp³-hybridized carbons (Fsp3) is 1.00. The molecule has 2 fully saturated rings. The zero-order chi connectivity index (χ0) is 10.7. The monoisotopic (exact) mass is 209 g/mol. The van der Waals surface area contributed by atoms with Crippen LogP contribution >= 0.6 is 0 Å². The lowest BCUT2D eigenvalue weighted by atomic mass is 10.00. The summed E-state index contributed by atoms with van der Waals surface area (Å²) < 4.78 is 0. The van der Waals surface area contributed by atoms with Crippen molar-refractivity contribution in [3.05, 3.63) is 0 Å². The lowest BCUT2D eigenvalue weighted by Gasteiger charge is -2.08. The molecule has 0 aliphatic carbocycles. The topological polar surface area (TPSA) is 3.01 Å². The van der Waals surface area contributed by atoms with E-state index in [-0.39, 0.29) is 0 Å². The van der Waals surface area contributed by atoms with Crippen LogP contribution in [0.4, 0.5) is 0 Å². The van der Waals surface area contributed by atoms with Gasteiger partial charge in [-0.15, -0.1) is 0 Å². The molecule has 4 atom stereocenters. The molecule has 2 rings (SSSR count). The Morgan fingerprint density at radius 3 is 2.47 bits per heavy atom. The quantitative estimate of drug-likeness (QED) is 0.625. The van der Waals surface area contributed by atoms with E-state index in [2.05, 4.69) is 18.7 Å². The summed E-state index contributed by atoms with van der Waals surface area (Å²) >= 11 is 0. The smallest absolute Gasteiger partial charge is 0.0280 e. The summed E-state index contributed by atoms with van der Waals surface area (Å²) in [4.78, 5) is 2.79. The van der Waals surface area contributed by atoms with E-state index in [1.54, 1.807) is 0 Å². The van der Waals surface area contributed by atoms with Gasteiger partial charge in [0.2, 0.25) is 0 Å². The van der Waals surface area contributed by atoms with Crippen LogP contribution in [0.25, 0.3) is 0 Å². The zero-order valence-electron chi connectivity index (χ0n) is 10.5. The normalized spacial score (nSPS) is 39.2. The molecule has 4 unspecified atom stereocenters. The molecule has 1 heteroatoms. The molecule has 2 aliphatic heterocycles. The van der Waals surface area contributed by atoms with Crippen LogP contribution in [0.3, 0.4) is 0 Å². The molecule has 2 aliphatic rings. The highest BCUT2D eigenvalue weighted by molar-refractivity contribution is 5.03. The molecule has 15 heavy (non-hydrogen) atoms. The molecule has 0 aromatic carbocycles. The summed E-state index contributed by atoms with van der Waals surface area (Å²) in [6.45, 7) is 6.17. The second-order valence-corrected chi connectivity index (χ2v) is 5.59. The van der Waals surface area contributed by atoms with Gasteiger partial charge in [0.25, 0.3) is 0 Å². The first-order chi connectivity index (χ1) is 7.34. The number of hydrogen-bond donors (Lipinski definition) is 0. The lowest BCUT2D eigenvalue weighted by molar-refractivity contribution is 0.389. The van der Waals surface area contributed by atoms with Gasteiger partial charge in [0, 0.05) is 12.1 Å². The van der Waals surface area contributed by atoms with E-state index in [0.717, 1.165) is 18.0 Å². The van der Waals surface area contributed by atoms with Gasteiger partial charge in [-0.25, -0.2) is 0 Å². The SMILES string of the molecule is CCC(C)C1C2CCCCCCCCN21. The summed E-state index contributed by atoms with van der Waals surface area (Å²) in [6.07, 6.45) is 11.7. The van der Waals surface area contributed by atoms with Crippen LogP contribution in [0.1, 0.15) is 65.2 Å². The molecule has 0 aromatic heterocycles. The first-order valence-electron chi connectivity index (χ1n) is 7.10. The third-order valence-electron chi connectivity index (χ3n) is 4.51. The Hall–Kier alpha value is -0.0400. The Bertz CT molecular complexity index is 174. The molecule has 0 saturated carbocycles. The summed E-state index contributed by atoms with van der Waals surface area (Å²) in [6, 6.07) is 1.92. The number of nitrogens with zero attached hydrogens (tertiary/aromatic N) is 1. The molecular formula is C14H27N. The van der Waals surface area contributed by atoms with Gasteiger partial charge >= 0.3 is 0 Å². The van der Waals surface area contributed by atoms with Crippen molar-refractivity contribution in [1.29, 1.82) is 0 Å². The van der Waals surface area contributed by atoms with Crippen molar-refractivity contribution in [1.82, 2.24) is 4.90 Å². The Balaban J connectivity index is 1.84. The molecule has 1 nitrogen and oxygen atoms in total. The fourth-order valence-corrected chi connectivity index (χ4v) is 3.31. The van der Waals surface area contributed by atoms with Crippen LogP contribution in [0.15, 0.2) is 0 Å². The van der Waals surface area contributed by atoms with Gasteiger partial charge in [0.05, 0.1) is 0 Å². The molecule has 88 valence electrons. The molecule has 0 N–H and O–H groups in total. The average Bonchev–Trinajstić information content (AvgIpc) is 2.96. The standard InChI is InChI=1S/C14H27N/c1-3-12(2)14-13-10-8-6-4-5-7-9-11-15(13)14/h12-14H,3-11H2,1-2H3. The fourth-order valence-electron chi connectivity index (χ4n) is 3.31. The number of rotatable bonds is 2. The molecule has 0 aromatic rings. The largest absolute Gasteiger partial charge is 0.294 e. The van der Waals surface area contributed by atoms with Gasteiger partial charge in [-0.1, -0.05) is 52.4 Å². The maximum atomic E-state index is 2.79. The Kier molecular flexibility index (Phi) is 4.07. The van der Waals surface area contributed by atoms with E-state index in [4.69, 9.17) is 0 Å². The Labute approximate surface area is 95.2 Å². The van der Waals surface area contributed by atoms with Gasteiger partial charge in [-0.3, -0.25) is 4.90 Å². The molecule has 2 saturated heterocycles. The predicted molar refractivity (Wildman–Crippen MR) is 66.1 cm³/mol. The Morgan fingerprint density at radius 2 is 1.73 bits per heavy atom. The van der Waals surface area contributed by atoms with Crippen molar-refractivity contribution in [3.63, 3.8) is 0 Å². The van der Waals surface area contributed by atoms with Crippen LogP contribution in [0.2, 0.25) is 0 Å². The van der Waals surface area contributed by atoms with Crippen molar-refractivity contribution in [3.8, 4) is 0 Å². The summed E-state index contributed by atoms with van der Waals surface area (Å²) in [5.74, 6) is 0.927. The van der Waals surface area contributed by atoms with Crippen LogP contribution in [-0.4, -0.2) is 23.5 Å². The summed E-state index contributed by atoms with van der Waals surface area (Å²) in [5, 5.41) is 0. The third-order valence-corrected chi connectivity index (χ3v) is 4.51. The van der Waals surface area contributed by atoms with Gasteiger partial charge < -0.3 is 0 Å². The first kappa shape index (κ1) is 11.4.